The molecule has 0 atom stereocenters. The molecule has 0 aliphatic heterocycles. The van der Waals surface area contributed by atoms with Crippen LogP contribution in [0.2, 0.25) is 0 Å². The molecule has 0 N–H and O–H groups in total. The van der Waals surface area contributed by atoms with Crippen LogP contribution < -0.4 is 9.47 Å². The van der Waals surface area contributed by atoms with Gasteiger partial charge in [0.25, 0.3) is 0 Å². The lowest BCUT2D eigenvalue weighted by Gasteiger charge is -2.09. The van der Waals surface area contributed by atoms with Gasteiger partial charge in [-0.1, -0.05) is 42.5 Å². The van der Waals surface area contributed by atoms with Gasteiger partial charge in [-0.15, -0.1) is 11.8 Å². The van der Waals surface area contributed by atoms with Gasteiger partial charge < -0.3 is 9.47 Å². The van der Waals surface area contributed by atoms with Crippen molar-refractivity contribution in [3.05, 3.63) is 101 Å². The Morgan fingerprint density at radius 2 is 1.20 bits per heavy atom. The fourth-order valence-corrected chi connectivity index (χ4v) is 4.55. The van der Waals surface area contributed by atoms with Crippen molar-refractivity contribution in [1.82, 2.24) is 0 Å². The van der Waals surface area contributed by atoms with Gasteiger partial charge in [0, 0.05) is 15.7 Å². The van der Waals surface area contributed by atoms with Crippen LogP contribution in [0, 0.1) is 0 Å². The van der Waals surface area contributed by atoms with Crippen molar-refractivity contribution < 1.29 is 9.47 Å². The molecular weight excluding hydrogens is 388 g/mol. The van der Waals surface area contributed by atoms with Crippen LogP contribution in [0.15, 0.2) is 83.8 Å². The largest absolute Gasteiger partial charge is 0.496 e. The van der Waals surface area contributed by atoms with Crippen molar-refractivity contribution in [1.29, 1.82) is 0 Å². The van der Waals surface area contributed by atoms with Gasteiger partial charge in [-0.25, -0.2) is 0 Å². The minimum atomic E-state index is 0.866. The van der Waals surface area contributed by atoms with E-state index in [2.05, 4.69) is 73.0 Å². The lowest BCUT2D eigenvalue weighted by Crippen LogP contribution is -1.88. The molecule has 5 rings (SSSR count). The summed E-state index contributed by atoms with van der Waals surface area (Å²) in [6, 6.07) is 27.9. The predicted octanol–water partition coefficient (Wildman–Crippen LogP) is 6.90. The highest BCUT2D eigenvalue weighted by molar-refractivity contribution is 7.98. The third kappa shape index (κ3) is 3.06. The molecule has 0 spiro atoms. The van der Waals surface area contributed by atoms with E-state index in [1.807, 2.05) is 12.1 Å². The second kappa shape index (κ2) is 7.58. The fraction of sp³-hybridized carbons (Fsp3) is 0.111. The molecule has 0 fully saturated rings. The molecular formula is C27H22O2S. The predicted molar refractivity (Wildman–Crippen MR) is 127 cm³/mol. The molecule has 4 aromatic rings. The molecule has 0 bridgehead atoms. The van der Waals surface area contributed by atoms with E-state index in [9.17, 15) is 0 Å². The minimum Gasteiger partial charge on any atom is -0.496 e. The average molecular weight is 411 g/mol. The second-order valence-corrected chi connectivity index (χ2v) is 8.14. The third-order valence-electron chi connectivity index (χ3n) is 5.68. The van der Waals surface area contributed by atoms with Gasteiger partial charge in [0.2, 0.25) is 0 Å². The van der Waals surface area contributed by atoms with Gasteiger partial charge in [0.1, 0.15) is 11.5 Å². The quantitative estimate of drug-likeness (QED) is 0.294. The maximum absolute atomic E-state index is 5.62. The first-order valence-electron chi connectivity index (χ1n) is 9.88. The fourth-order valence-electron chi connectivity index (χ4n) is 4.14. The molecule has 0 heterocycles. The van der Waals surface area contributed by atoms with E-state index in [1.165, 1.54) is 38.3 Å². The van der Waals surface area contributed by atoms with Gasteiger partial charge >= 0.3 is 0 Å². The third-order valence-corrected chi connectivity index (χ3v) is 6.43. The maximum atomic E-state index is 5.62. The molecule has 0 aromatic heterocycles. The smallest absolute Gasteiger partial charge is 0.126 e. The van der Waals surface area contributed by atoms with Gasteiger partial charge in [0.05, 0.1) is 14.2 Å². The maximum Gasteiger partial charge on any atom is 0.126 e. The zero-order valence-corrected chi connectivity index (χ0v) is 18.0. The summed E-state index contributed by atoms with van der Waals surface area (Å²) in [6.45, 7) is 0. The molecule has 0 amide bonds. The van der Waals surface area contributed by atoms with Gasteiger partial charge in [-0.2, -0.15) is 0 Å². The molecule has 0 saturated heterocycles. The summed E-state index contributed by atoms with van der Waals surface area (Å²) in [4.78, 5) is 1.27. The van der Waals surface area contributed by atoms with Crippen molar-refractivity contribution in [3.63, 3.8) is 0 Å². The number of thioether (sulfide) groups is 1. The van der Waals surface area contributed by atoms with Gasteiger partial charge in [0.15, 0.2) is 0 Å². The zero-order valence-electron chi connectivity index (χ0n) is 17.2. The SMILES string of the molecule is COc1ccc(OC)c2cc3c(cc12)C3=C(c1ccccc1)c1ccc(SC)cc1. The Morgan fingerprint density at radius 1 is 0.667 bits per heavy atom. The van der Waals surface area contributed by atoms with Crippen LogP contribution in [0.25, 0.3) is 21.9 Å². The van der Waals surface area contributed by atoms with Crippen molar-refractivity contribution in [3.8, 4) is 11.5 Å². The zero-order chi connectivity index (χ0) is 20.7. The number of methoxy groups -OCH3 is 2. The molecule has 148 valence electrons. The Morgan fingerprint density at radius 3 is 1.70 bits per heavy atom. The van der Waals surface area contributed by atoms with E-state index >= 15 is 0 Å². The summed E-state index contributed by atoms with van der Waals surface area (Å²) >= 11 is 1.76. The van der Waals surface area contributed by atoms with Crippen LogP contribution in [0.1, 0.15) is 22.3 Å². The number of hydrogen-bond acceptors (Lipinski definition) is 3. The monoisotopic (exact) mass is 410 g/mol. The highest BCUT2D eigenvalue weighted by Gasteiger charge is 2.31. The summed E-state index contributed by atoms with van der Waals surface area (Å²) in [5.41, 5.74) is 7.59. The Bertz CT molecular complexity index is 1220. The molecule has 3 heteroatoms. The van der Waals surface area contributed by atoms with Crippen molar-refractivity contribution in [2.75, 3.05) is 20.5 Å². The number of rotatable bonds is 5. The molecule has 0 radical (unpaired) electrons. The molecule has 4 aromatic carbocycles. The van der Waals surface area contributed by atoms with Crippen LogP contribution in [-0.4, -0.2) is 20.5 Å². The van der Waals surface area contributed by atoms with E-state index in [1.54, 1.807) is 26.0 Å². The second-order valence-electron chi connectivity index (χ2n) is 7.26. The average Bonchev–Trinajstić information content (AvgIpc) is 3.50. The summed E-state index contributed by atoms with van der Waals surface area (Å²) in [7, 11) is 3.43. The van der Waals surface area contributed by atoms with Crippen LogP contribution in [0.3, 0.4) is 0 Å². The standard InChI is InChI=1S/C27H22O2S/c1-28-24-13-14-25(29-2)21-16-23-22(15-20(21)24)27(23)26(17-7-5-4-6-8-17)18-9-11-19(30-3)12-10-18/h4-16H,1-3H3. The summed E-state index contributed by atoms with van der Waals surface area (Å²) < 4.78 is 11.2. The van der Waals surface area contributed by atoms with Gasteiger partial charge in [-0.3, -0.25) is 0 Å². The lowest BCUT2D eigenvalue weighted by molar-refractivity contribution is 0.410. The molecule has 0 unspecified atom stereocenters. The lowest BCUT2D eigenvalue weighted by atomic mass is 9.96. The number of fused-ring (bicyclic) bond motifs is 2. The summed E-state index contributed by atoms with van der Waals surface area (Å²) in [5, 5.41) is 2.16. The summed E-state index contributed by atoms with van der Waals surface area (Å²) in [6.07, 6.45) is 2.11. The van der Waals surface area contributed by atoms with E-state index in [-0.39, 0.29) is 0 Å². The Hall–Kier alpha value is -3.17. The molecule has 1 aliphatic carbocycles. The van der Waals surface area contributed by atoms with Crippen molar-refractivity contribution >= 4 is 33.7 Å². The van der Waals surface area contributed by atoms with Crippen LogP contribution >= 0.6 is 11.8 Å². The highest BCUT2D eigenvalue weighted by atomic mass is 32.2. The number of benzene rings is 4. The number of ether oxygens (including phenoxy) is 2. The van der Waals surface area contributed by atoms with E-state index in [0.29, 0.717) is 0 Å². The molecule has 1 aliphatic rings. The van der Waals surface area contributed by atoms with E-state index in [0.717, 1.165) is 22.3 Å². The number of hydrogen-bond donors (Lipinski definition) is 0. The van der Waals surface area contributed by atoms with Crippen LogP contribution in [0.5, 0.6) is 11.5 Å². The van der Waals surface area contributed by atoms with Gasteiger partial charge in [-0.05, 0) is 76.1 Å². The molecule has 0 saturated carbocycles. The minimum absolute atomic E-state index is 0.866. The Balaban J connectivity index is 1.75. The Labute approximate surface area is 181 Å². The van der Waals surface area contributed by atoms with Crippen molar-refractivity contribution in [2.45, 2.75) is 4.90 Å². The highest BCUT2D eigenvalue weighted by Crippen LogP contribution is 2.52. The van der Waals surface area contributed by atoms with Crippen LogP contribution in [0.4, 0.5) is 0 Å². The van der Waals surface area contributed by atoms with Crippen LogP contribution in [-0.2, 0) is 0 Å². The molecule has 30 heavy (non-hydrogen) atoms. The molecule has 2 nitrogen and oxygen atoms in total. The van der Waals surface area contributed by atoms with E-state index < -0.39 is 0 Å². The normalized spacial score (nSPS) is 11.9. The first-order chi connectivity index (χ1) is 14.7. The van der Waals surface area contributed by atoms with E-state index in [4.69, 9.17) is 9.47 Å². The van der Waals surface area contributed by atoms with Crippen molar-refractivity contribution in [2.24, 2.45) is 0 Å². The Kier molecular flexibility index (Phi) is 4.76. The first kappa shape index (κ1) is 18.8. The summed E-state index contributed by atoms with van der Waals surface area (Å²) in [5.74, 6) is 1.73. The first-order valence-corrected chi connectivity index (χ1v) is 11.1. The topological polar surface area (TPSA) is 18.5 Å².